The van der Waals surface area contributed by atoms with Gasteiger partial charge in [0.25, 0.3) is 15.9 Å². The van der Waals surface area contributed by atoms with Crippen LogP contribution in [-0.2, 0) is 10.0 Å². The van der Waals surface area contributed by atoms with Gasteiger partial charge in [0.15, 0.2) is 0 Å². The molecule has 2 N–H and O–H groups in total. The summed E-state index contributed by atoms with van der Waals surface area (Å²) in [5, 5.41) is 0. The number of hydrazine groups is 1. The van der Waals surface area contributed by atoms with Gasteiger partial charge in [-0.1, -0.05) is 22.0 Å². The molecule has 0 aliphatic heterocycles. The third-order valence-electron chi connectivity index (χ3n) is 2.89. The summed E-state index contributed by atoms with van der Waals surface area (Å²) in [6.07, 6.45) is 0. The van der Waals surface area contributed by atoms with Crippen molar-refractivity contribution in [3.63, 3.8) is 0 Å². The summed E-state index contributed by atoms with van der Waals surface area (Å²) in [5.74, 6) is -1.15. The van der Waals surface area contributed by atoms with Crippen LogP contribution in [-0.4, -0.2) is 20.9 Å². The molecule has 1 amide bonds. The lowest BCUT2D eigenvalue weighted by atomic mass is 10.2. The molecule has 6 nitrogen and oxygen atoms in total. The van der Waals surface area contributed by atoms with Gasteiger partial charge in [-0.05, 0) is 43.3 Å². The fourth-order valence-electron chi connectivity index (χ4n) is 1.82. The van der Waals surface area contributed by atoms with Crippen molar-refractivity contribution in [2.24, 2.45) is 0 Å². The number of nitrogens with one attached hydrogen (secondary N) is 2. The van der Waals surface area contributed by atoms with Gasteiger partial charge in [0.2, 0.25) is 0 Å². The standard InChI is InChI=1S/C15H14BrFN2O4S/c1-2-23-12-5-3-4-10(8-12)15(20)18-19-24(21,22)14-9-11(16)6-7-13(14)17/h3-9,19H,2H2,1H3,(H,18,20). The number of hydrogen-bond donors (Lipinski definition) is 2. The number of amides is 1. The van der Waals surface area contributed by atoms with Crippen molar-refractivity contribution in [1.82, 2.24) is 10.3 Å². The molecule has 0 bridgehead atoms. The van der Waals surface area contributed by atoms with E-state index < -0.39 is 26.6 Å². The van der Waals surface area contributed by atoms with Crippen molar-refractivity contribution in [2.45, 2.75) is 11.8 Å². The van der Waals surface area contributed by atoms with Crippen LogP contribution in [0, 0.1) is 5.82 Å². The molecule has 0 unspecified atom stereocenters. The summed E-state index contributed by atoms with van der Waals surface area (Å²) in [7, 11) is -4.26. The zero-order valence-corrected chi connectivity index (χ0v) is 14.9. The van der Waals surface area contributed by atoms with Gasteiger partial charge in [-0.15, -0.1) is 4.83 Å². The van der Waals surface area contributed by atoms with Gasteiger partial charge in [0, 0.05) is 10.0 Å². The third-order valence-corrected chi connectivity index (χ3v) is 4.64. The first kappa shape index (κ1) is 18.4. The molecule has 9 heteroatoms. The average Bonchev–Trinajstić information content (AvgIpc) is 2.55. The Morgan fingerprint density at radius 1 is 1.25 bits per heavy atom. The maximum atomic E-state index is 13.7. The number of benzene rings is 2. The van der Waals surface area contributed by atoms with E-state index in [9.17, 15) is 17.6 Å². The minimum atomic E-state index is -4.26. The fourth-order valence-corrected chi connectivity index (χ4v) is 3.27. The van der Waals surface area contributed by atoms with E-state index in [1.807, 2.05) is 10.3 Å². The Kier molecular flexibility index (Phi) is 5.92. The zero-order chi connectivity index (χ0) is 17.7. The lowest BCUT2D eigenvalue weighted by Gasteiger charge is -2.10. The topological polar surface area (TPSA) is 84.5 Å². The Balaban J connectivity index is 2.13. The van der Waals surface area contributed by atoms with E-state index in [4.69, 9.17) is 4.74 Å². The van der Waals surface area contributed by atoms with Crippen molar-refractivity contribution < 1.29 is 22.3 Å². The van der Waals surface area contributed by atoms with Crippen molar-refractivity contribution >= 4 is 31.9 Å². The van der Waals surface area contributed by atoms with Crippen LogP contribution < -0.4 is 15.0 Å². The van der Waals surface area contributed by atoms with Gasteiger partial charge in [0.05, 0.1) is 6.61 Å². The van der Waals surface area contributed by atoms with Crippen LogP contribution in [0.25, 0.3) is 0 Å². The molecule has 0 radical (unpaired) electrons. The lowest BCUT2D eigenvalue weighted by Crippen LogP contribution is -2.41. The highest BCUT2D eigenvalue weighted by molar-refractivity contribution is 9.10. The van der Waals surface area contributed by atoms with Crippen LogP contribution >= 0.6 is 15.9 Å². The average molecular weight is 417 g/mol. The maximum Gasteiger partial charge on any atom is 0.266 e. The Labute approximate surface area is 147 Å². The minimum Gasteiger partial charge on any atom is -0.494 e. The van der Waals surface area contributed by atoms with E-state index in [1.165, 1.54) is 18.2 Å². The first-order valence-electron chi connectivity index (χ1n) is 6.83. The number of ether oxygens (including phenoxy) is 1. The van der Waals surface area contributed by atoms with E-state index >= 15 is 0 Å². The van der Waals surface area contributed by atoms with Crippen molar-refractivity contribution in [1.29, 1.82) is 0 Å². The number of sulfonamides is 1. The van der Waals surface area contributed by atoms with Crippen LogP contribution in [0.1, 0.15) is 17.3 Å². The first-order valence-corrected chi connectivity index (χ1v) is 9.11. The van der Waals surface area contributed by atoms with E-state index in [-0.39, 0.29) is 5.56 Å². The van der Waals surface area contributed by atoms with Crippen molar-refractivity contribution in [3.8, 4) is 5.75 Å². The molecule has 2 rings (SSSR count). The van der Waals surface area contributed by atoms with Gasteiger partial charge < -0.3 is 4.74 Å². The normalized spacial score (nSPS) is 11.1. The zero-order valence-electron chi connectivity index (χ0n) is 12.5. The molecule has 0 saturated heterocycles. The highest BCUT2D eigenvalue weighted by Gasteiger charge is 2.20. The predicted molar refractivity (Wildman–Crippen MR) is 89.5 cm³/mol. The van der Waals surface area contributed by atoms with Gasteiger partial charge >= 0.3 is 0 Å². The first-order chi connectivity index (χ1) is 11.3. The summed E-state index contributed by atoms with van der Waals surface area (Å²) in [6.45, 7) is 2.23. The van der Waals surface area contributed by atoms with Crippen LogP contribution in [0.2, 0.25) is 0 Å². The summed E-state index contributed by atoms with van der Waals surface area (Å²) < 4.78 is 43.5. The second-order valence-corrected chi connectivity index (χ2v) is 7.16. The number of carbonyl (C=O) groups excluding carboxylic acids is 1. The van der Waals surface area contributed by atoms with Crippen LogP contribution in [0.3, 0.4) is 0 Å². The minimum absolute atomic E-state index is 0.193. The predicted octanol–water partition coefficient (Wildman–Crippen LogP) is 2.61. The molecule has 128 valence electrons. The van der Waals surface area contributed by atoms with Gasteiger partial charge in [-0.25, -0.2) is 12.8 Å². The van der Waals surface area contributed by atoms with E-state index in [2.05, 4.69) is 15.9 Å². The Hall–Kier alpha value is -1.97. The summed E-state index contributed by atoms with van der Waals surface area (Å²) >= 11 is 3.07. The van der Waals surface area contributed by atoms with Crippen molar-refractivity contribution in [3.05, 3.63) is 58.3 Å². The maximum absolute atomic E-state index is 13.7. The number of rotatable bonds is 6. The smallest absolute Gasteiger partial charge is 0.266 e. The molecule has 0 spiro atoms. The van der Waals surface area contributed by atoms with Crippen LogP contribution in [0.4, 0.5) is 4.39 Å². The quantitative estimate of drug-likeness (QED) is 0.708. The monoisotopic (exact) mass is 416 g/mol. The van der Waals surface area contributed by atoms with E-state index in [0.29, 0.717) is 16.8 Å². The summed E-state index contributed by atoms with van der Waals surface area (Å²) in [5.41, 5.74) is 2.23. The summed E-state index contributed by atoms with van der Waals surface area (Å²) in [6, 6.07) is 9.69. The molecule has 0 aliphatic rings. The molecule has 2 aromatic rings. The second kappa shape index (κ2) is 7.73. The van der Waals surface area contributed by atoms with E-state index in [0.717, 1.165) is 12.1 Å². The Morgan fingerprint density at radius 2 is 2.00 bits per heavy atom. The highest BCUT2D eigenvalue weighted by Crippen LogP contribution is 2.19. The SMILES string of the molecule is CCOc1cccc(C(=O)NNS(=O)(=O)c2cc(Br)ccc2F)c1. The largest absolute Gasteiger partial charge is 0.494 e. The Bertz CT molecular complexity index is 858. The fraction of sp³-hybridized carbons (Fsp3) is 0.133. The number of hydrogen-bond acceptors (Lipinski definition) is 4. The number of halogens is 2. The molecule has 2 aromatic carbocycles. The molecule has 0 atom stereocenters. The van der Waals surface area contributed by atoms with Gasteiger partial charge in [-0.3, -0.25) is 10.2 Å². The van der Waals surface area contributed by atoms with Crippen LogP contribution in [0.5, 0.6) is 5.75 Å². The molecular formula is C15H14BrFN2O4S. The van der Waals surface area contributed by atoms with Gasteiger partial charge in [0.1, 0.15) is 16.5 Å². The molecule has 0 heterocycles. The Morgan fingerprint density at radius 3 is 2.71 bits per heavy atom. The van der Waals surface area contributed by atoms with Crippen molar-refractivity contribution in [2.75, 3.05) is 6.61 Å². The van der Waals surface area contributed by atoms with Crippen LogP contribution in [0.15, 0.2) is 51.8 Å². The molecule has 0 aliphatic carbocycles. The second-order valence-electron chi connectivity index (χ2n) is 4.60. The molecule has 0 fully saturated rings. The summed E-state index contributed by atoms with van der Waals surface area (Å²) in [4.78, 5) is 13.3. The third kappa shape index (κ3) is 4.53. The van der Waals surface area contributed by atoms with Gasteiger partial charge in [-0.2, -0.15) is 0 Å². The lowest BCUT2D eigenvalue weighted by molar-refractivity contribution is 0.0944. The number of carbonyl (C=O) groups is 1. The molecule has 0 aromatic heterocycles. The molecule has 0 saturated carbocycles. The molecule has 24 heavy (non-hydrogen) atoms. The highest BCUT2D eigenvalue weighted by atomic mass is 79.9. The molecular weight excluding hydrogens is 403 g/mol. The van der Waals surface area contributed by atoms with E-state index in [1.54, 1.807) is 19.1 Å².